The first-order chi connectivity index (χ1) is 8.91. The van der Waals surface area contributed by atoms with Crippen molar-refractivity contribution in [2.45, 2.75) is 33.3 Å². The monoisotopic (exact) mass is 260 g/mol. The molecule has 4 nitrogen and oxygen atoms in total. The van der Waals surface area contributed by atoms with E-state index in [0.717, 1.165) is 11.1 Å². The summed E-state index contributed by atoms with van der Waals surface area (Å²) in [6.07, 6.45) is 1.36. The van der Waals surface area contributed by atoms with Gasteiger partial charge >= 0.3 is 5.97 Å². The van der Waals surface area contributed by atoms with E-state index in [4.69, 9.17) is 4.74 Å². The fourth-order valence-corrected chi connectivity index (χ4v) is 3.61. The highest BCUT2D eigenvalue weighted by Crippen LogP contribution is 2.46. The molecule has 4 atom stereocenters. The Balaban J connectivity index is 2.14. The summed E-state index contributed by atoms with van der Waals surface area (Å²) >= 11 is 0. The molecule has 0 saturated carbocycles. The van der Waals surface area contributed by atoms with Crippen LogP contribution < -0.4 is 0 Å². The summed E-state index contributed by atoms with van der Waals surface area (Å²) in [6.45, 7) is 5.44. The largest absolute Gasteiger partial charge is 0.460 e. The van der Waals surface area contributed by atoms with Crippen LogP contribution in [0.1, 0.15) is 27.2 Å². The number of ether oxygens (including phenoxy) is 1. The Labute approximate surface area is 111 Å². The number of carbonyl (C=O) groups is 3. The van der Waals surface area contributed by atoms with Gasteiger partial charge < -0.3 is 4.74 Å². The van der Waals surface area contributed by atoms with E-state index < -0.39 is 17.9 Å². The zero-order valence-corrected chi connectivity index (χ0v) is 11.2. The van der Waals surface area contributed by atoms with Crippen LogP contribution in [0, 0.1) is 17.8 Å². The van der Waals surface area contributed by atoms with E-state index in [1.165, 1.54) is 0 Å². The van der Waals surface area contributed by atoms with Crippen molar-refractivity contribution in [2.75, 3.05) is 0 Å². The van der Waals surface area contributed by atoms with Crippen LogP contribution in [-0.2, 0) is 19.1 Å². The van der Waals surface area contributed by atoms with Gasteiger partial charge in [-0.1, -0.05) is 18.1 Å². The van der Waals surface area contributed by atoms with E-state index in [1.54, 1.807) is 13.0 Å². The maximum absolute atomic E-state index is 12.3. The smallest absolute Gasteiger partial charge is 0.309 e. The number of hydrogen-bond donors (Lipinski definition) is 0. The van der Waals surface area contributed by atoms with Crippen molar-refractivity contribution in [2.24, 2.45) is 17.8 Å². The second-order valence-electron chi connectivity index (χ2n) is 5.78. The molecule has 1 saturated heterocycles. The highest BCUT2D eigenvalue weighted by molar-refractivity contribution is 6.10. The van der Waals surface area contributed by atoms with Crippen LogP contribution in [0.5, 0.6) is 0 Å². The van der Waals surface area contributed by atoms with E-state index in [-0.39, 0.29) is 29.9 Å². The number of ketones is 2. The van der Waals surface area contributed by atoms with Gasteiger partial charge in [0.25, 0.3) is 0 Å². The lowest BCUT2D eigenvalue weighted by molar-refractivity contribution is -0.144. The Hall–Kier alpha value is -1.71. The third kappa shape index (κ3) is 1.55. The second-order valence-corrected chi connectivity index (χ2v) is 5.78. The summed E-state index contributed by atoms with van der Waals surface area (Å²) in [4.78, 5) is 36.1. The molecule has 1 unspecified atom stereocenters. The molecular formula is C15H16O4. The number of hydrogen-bond acceptors (Lipinski definition) is 4. The number of esters is 1. The van der Waals surface area contributed by atoms with Crippen LogP contribution in [0.4, 0.5) is 0 Å². The van der Waals surface area contributed by atoms with Crippen LogP contribution in [0.25, 0.3) is 0 Å². The molecule has 19 heavy (non-hydrogen) atoms. The zero-order chi connectivity index (χ0) is 13.9. The highest BCUT2D eigenvalue weighted by atomic mass is 16.6. The molecule has 0 radical (unpaired) electrons. The van der Waals surface area contributed by atoms with E-state index in [1.807, 2.05) is 13.8 Å². The molecule has 0 aromatic heterocycles. The molecule has 3 aliphatic rings. The minimum atomic E-state index is -0.495. The highest BCUT2D eigenvalue weighted by Gasteiger charge is 2.53. The van der Waals surface area contributed by atoms with Gasteiger partial charge in [0, 0.05) is 17.9 Å². The van der Waals surface area contributed by atoms with Crippen LogP contribution >= 0.6 is 0 Å². The van der Waals surface area contributed by atoms with Crippen molar-refractivity contribution < 1.29 is 19.1 Å². The first-order valence-corrected chi connectivity index (χ1v) is 6.57. The molecule has 1 heterocycles. The van der Waals surface area contributed by atoms with Crippen LogP contribution in [0.2, 0.25) is 0 Å². The van der Waals surface area contributed by atoms with Crippen molar-refractivity contribution in [3.63, 3.8) is 0 Å². The standard InChI is InChI=1S/C15H16O4/c1-6-4-10(17)13-8(3)15(18)19-14(13)12-7(2)5-9(16)11(6)12/h5,8,12-14H,4H2,1-3H3/t8?,12-,13-,14+/m0/s1. The van der Waals surface area contributed by atoms with Gasteiger partial charge in [-0.25, -0.2) is 0 Å². The van der Waals surface area contributed by atoms with Crippen molar-refractivity contribution in [1.82, 2.24) is 0 Å². The first-order valence-electron chi connectivity index (χ1n) is 6.57. The van der Waals surface area contributed by atoms with Gasteiger partial charge in [0.1, 0.15) is 11.9 Å². The molecule has 1 fully saturated rings. The number of allylic oxidation sites excluding steroid dienone is 2. The number of Topliss-reactive ketones (excluding diaryl/α,β-unsaturated/α-hetero) is 1. The molecule has 0 N–H and O–H groups in total. The van der Waals surface area contributed by atoms with Crippen molar-refractivity contribution in [1.29, 1.82) is 0 Å². The molecule has 2 aliphatic carbocycles. The first kappa shape index (κ1) is 12.3. The van der Waals surface area contributed by atoms with Crippen LogP contribution in [0.3, 0.4) is 0 Å². The third-order valence-corrected chi connectivity index (χ3v) is 4.54. The summed E-state index contributed by atoms with van der Waals surface area (Å²) in [5.41, 5.74) is 2.39. The Morgan fingerprint density at radius 1 is 1.21 bits per heavy atom. The zero-order valence-electron chi connectivity index (χ0n) is 11.2. The van der Waals surface area contributed by atoms with E-state index >= 15 is 0 Å². The van der Waals surface area contributed by atoms with Gasteiger partial charge in [-0.2, -0.15) is 0 Å². The van der Waals surface area contributed by atoms with Crippen LogP contribution in [0.15, 0.2) is 22.8 Å². The average Bonchev–Trinajstić information content (AvgIpc) is 2.72. The maximum atomic E-state index is 12.3. The number of rotatable bonds is 0. The summed E-state index contributed by atoms with van der Waals surface area (Å²) < 4.78 is 5.42. The summed E-state index contributed by atoms with van der Waals surface area (Å²) in [5, 5.41) is 0. The topological polar surface area (TPSA) is 60.4 Å². The minimum Gasteiger partial charge on any atom is -0.460 e. The minimum absolute atomic E-state index is 0.0170. The van der Waals surface area contributed by atoms with Gasteiger partial charge in [0.2, 0.25) is 0 Å². The molecule has 0 bridgehead atoms. The lowest BCUT2D eigenvalue weighted by Gasteiger charge is -2.23. The van der Waals surface area contributed by atoms with Gasteiger partial charge in [0.15, 0.2) is 5.78 Å². The van der Waals surface area contributed by atoms with Crippen molar-refractivity contribution in [3.05, 3.63) is 22.8 Å². The van der Waals surface area contributed by atoms with Crippen LogP contribution in [-0.4, -0.2) is 23.6 Å². The molecule has 0 aromatic carbocycles. The van der Waals surface area contributed by atoms with Gasteiger partial charge in [-0.05, 0) is 19.9 Å². The van der Waals surface area contributed by atoms with Gasteiger partial charge in [0.05, 0.1) is 11.8 Å². The molecule has 0 spiro atoms. The van der Waals surface area contributed by atoms with Crippen molar-refractivity contribution >= 4 is 17.5 Å². The average molecular weight is 260 g/mol. The number of fused-ring (bicyclic) bond motifs is 3. The Morgan fingerprint density at radius 3 is 2.58 bits per heavy atom. The number of carbonyl (C=O) groups excluding carboxylic acids is 3. The van der Waals surface area contributed by atoms with Crippen molar-refractivity contribution in [3.8, 4) is 0 Å². The van der Waals surface area contributed by atoms with E-state index in [2.05, 4.69) is 0 Å². The van der Waals surface area contributed by atoms with E-state index in [9.17, 15) is 14.4 Å². The maximum Gasteiger partial charge on any atom is 0.309 e. The fourth-order valence-electron chi connectivity index (χ4n) is 3.61. The predicted molar refractivity (Wildman–Crippen MR) is 67.1 cm³/mol. The normalized spacial score (nSPS) is 37.8. The summed E-state index contributed by atoms with van der Waals surface area (Å²) in [5.74, 6) is -1.40. The predicted octanol–water partition coefficient (Wildman–Crippen LogP) is 1.60. The molecule has 1 aliphatic heterocycles. The quantitative estimate of drug-likeness (QED) is 0.621. The van der Waals surface area contributed by atoms with Gasteiger partial charge in [-0.15, -0.1) is 0 Å². The summed E-state index contributed by atoms with van der Waals surface area (Å²) in [6, 6.07) is 0. The summed E-state index contributed by atoms with van der Waals surface area (Å²) in [7, 11) is 0. The molecule has 4 heteroatoms. The molecule has 3 rings (SSSR count). The molecule has 100 valence electrons. The lowest BCUT2D eigenvalue weighted by atomic mass is 9.80. The van der Waals surface area contributed by atoms with E-state index in [0.29, 0.717) is 5.57 Å². The molecular weight excluding hydrogens is 244 g/mol. The second kappa shape index (κ2) is 3.89. The Morgan fingerprint density at radius 2 is 1.89 bits per heavy atom. The Bertz CT molecular complexity index is 567. The SMILES string of the molecule is CC1=CC(=O)C2=C(C)CC(=O)[C@@H]3C(C)C(=O)O[C@@H]3[C@@H]12. The Kier molecular flexibility index (Phi) is 2.52. The molecule has 0 amide bonds. The van der Waals surface area contributed by atoms with Gasteiger partial charge in [-0.3, -0.25) is 14.4 Å². The molecule has 0 aromatic rings. The fraction of sp³-hybridized carbons (Fsp3) is 0.533. The lowest BCUT2D eigenvalue weighted by Crippen LogP contribution is -2.32. The third-order valence-electron chi connectivity index (χ3n) is 4.54.